The van der Waals surface area contributed by atoms with E-state index >= 15 is 0 Å². The lowest BCUT2D eigenvalue weighted by Gasteiger charge is -2.14. The average molecular weight is 361 g/mol. The Morgan fingerprint density at radius 1 is 1.28 bits per heavy atom. The topological polar surface area (TPSA) is 81.1 Å². The van der Waals surface area contributed by atoms with Gasteiger partial charge in [-0.05, 0) is 37.0 Å². The number of rotatable bonds is 4. The third-order valence-corrected chi connectivity index (χ3v) is 5.89. The van der Waals surface area contributed by atoms with Gasteiger partial charge in [0.2, 0.25) is 5.91 Å². The maximum Gasteiger partial charge on any atom is 0.225 e. The monoisotopic (exact) mass is 361 g/mol. The van der Waals surface area contributed by atoms with Gasteiger partial charge in [-0.15, -0.1) is 0 Å². The van der Waals surface area contributed by atoms with Crippen molar-refractivity contribution in [1.29, 1.82) is 0 Å². The van der Waals surface area contributed by atoms with Crippen molar-refractivity contribution in [2.24, 2.45) is 5.92 Å². The summed E-state index contributed by atoms with van der Waals surface area (Å²) in [6.45, 7) is 7.94. The highest BCUT2D eigenvalue weighted by atomic mass is 32.2. The zero-order chi connectivity index (χ0) is 18.4. The molecule has 2 heterocycles. The normalized spacial score (nSPS) is 15.4. The summed E-state index contributed by atoms with van der Waals surface area (Å²) in [5.41, 5.74) is 4.15. The molecule has 0 aliphatic carbocycles. The fourth-order valence-corrected chi connectivity index (χ4v) is 4.56. The minimum Gasteiger partial charge on any atom is -0.310 e. The number of carbonyl (C=O) groups excluding carboxylic acids is 1. The summed E-state index contributed by atoms with van der Waals surface area (Å²) in [7, 11) is -3.19. The number of benzene rings is 1. The summed E-state index contributed by atoms with van der Waals surface area (Å²) in [5.74, 6) is 0.412. The maximum atomic E-state index is 12.3. The zero-order valence-electron chi connectivity index (χ0n) is 15.0. The van der Waals surface area contributed by atoms with Crippen molar-refractivity contribution in [3.05, 3.63) is 40.6 Å². The Morgan fingerprint density at radius 3 is 2.68 bits per heavy atom. The molecular weight excluding hydrogens is 338 g/mol. The van der Waals surface area contributed by atoms with E-state index in [0.29, 0.717) is 23.5 Å². The molecule has 7 heteroatoms. The lowest BCUT2D eigenvalue weighted by Crippen LogP contribution is -2.18. The number of anilines is 1. The molecule has 0 unspecified atom stereocenters. The van der Waals surface area contributed by atoms with Crippen LogP contribution in [0.5, 0.6) is 0 Å². The molecule has 1 aliphatic heterocycles. The standard InChI is InChI=1S/C18H23N3O3S/c1-11(2)8-17(22)19-18-14-9-25(23,24)10-15(14)20-21(18)16-7-5-6-12(3)13(16)4/h5-7,11H,8-10H2,1-4H3,(H,19,22). The summed E-state index contributed by atoms with van der Waals surface area (Å²) in [6, 6.07) is 5.87. The van der Waals surface area contributed by atoms with Gasteiger partial charge in [0.05, 0.1) is 22.9 Å². The summed E-state index contributed by atoms with van der Waals surface area (Å²) in [6.07, 6.45) is 0.375. The predicted octanol–water partition coefficient (Wildman–Crippen LogP) is 2.90. The molecule has 134 valence electrons. The summed E-state index contributed by atoms with van der Waals surface area (Å²) in [5, 5.41) is 7.42. The quantitative estimate of drug-likeness (QED) is 0.908. The van der Waals surface area contributed by atoms with Crippen LogP contribution >= 0.6 is 0 Å². The van der Waals surface area contributed by atoms with Crippen molar-refractivity contribution in [3.63, 3.8) is 0 Å². The van der Waals surface area contributed by atoms with Crippen molar-refractivity contribution in [2.75, 3.05) is 5.32 Å². The molecular formula is C18H23N3O3S. The number of amides is 1. The number of fused-ring (bicyclic) bond motifs is 1. The van der Waals surface area contributed by atoms with Gasteiger partial charge in [-0.25, -0.2) is 13.1 Å². The van der Waals surface area contributed by atoms with E-state index in [1.54, 1.807) is 4.68 Å². The van der Waals surface area contributed by atoms with E-state index in [2.05, 4.69) is 10.4 Å². The smallest absolute Gasteiger partial charge is 0.225 e. The number of hydrogen-bond acceptors (Lipinski definition) is 4. The molecule has 0 saturated carbocycles. The second kappa shape index (κ2) is 6.29. The Hall–Kier alpha value is -2.15. The second-order valence-electron chi connectivity index (χ2n) is 7.08. The molecule has 1 aromatic heterocycles. The Bertz CT molecular complexity index is 943. The van der Waals surface area contributed by atoms with E-state index in [-0.39, 0.29) is 23.3 Å². The van der Waals surface area contributed by atoms with Crippen LogP contribution in [-0.2, 0) is 26.1 Å². The molecule has 0 spiro atoms. The van der Waals surface area contributed by atoms with Gasteiger partial charge in [-0.1, -0.05) is 26.0 Å². The van der Waals surface area contributed by atoms with E-state index in [0.717, 1.165) is 16.8 Å². The highest BCUT2D eigenvalue weighted by Crippen LogP contribution is 2.34. The third kappa shape index (κ3) is 3.46. The Balaban J connectivity index is 2.10. The Morgan fingerprint density at radius 2 is 2.00 bits per heavy atom. The summed E-state index contributed by atoms with van der Waals surface area (Å²) < 4.78 is 25.6. The van der Waals surface area contributed by atoms with Gasteiger partial charge in [0.25, 0.3) is 0 Å². The van der Waals surface area contributed by atoms with E-state index in [1.165, 1.54) is 0 Å². The lowest BCUT2D eigenvalue weighted by molar-refractivity contribution is -0.116. The van der Waals surface area contributed by atoms with Crippen molar-refractivity contribution in [3.8, 4) is 5.69 Å². The van der Waals surface area contributed by atoms with Gasteiger partial charge in [0, 0.05) is 12.0 Å². The molecule has 0 fully saturated rings. The average Bonchev–Trinajstić information content (AvgIpc) is 2.94. The van der Waals surface area contributed by atoms with Crippen LogP contribution in [-0.4, -0.2) is 24.1 Å². The molecule has 0 radical (unpaired) electrons. The van der Waals surface area contributed by atoms with E-state index in [9.17, 15) is 13.2 Å². The molecule has 0 saturated heterocycles. The highest BCUT2D eigenvalue weighted by molar-refractivity contribution is 7.90. The molecule has 0 bridgehead atoms. The number of nitrogens with one attached hydrogen (secondary N) is 1. The predicted molar refractivity (Wildman–Crippen MR) is 97.5 cm³/mol. The number of hydrogen-bond donors (Lipinski definition) is 1. The third-order valence-electron chi connectivity index (χ3n) is 4.44. The molecule has 1 aromatic carbocycles. The lowest BCUT2D eigenvalue weighted by atomic mass is 10.1. The van der Waals surface area contributed by atoms with Gasteiger partial charge >= 0.3 is 0 Å². The summed E-state index contributed by atoms with van der Waals surface area (Å²) in [4.78, 5) is 12.3. The van der Waals surface area contributed by atoms with Crippen LogP contribution in [0.15, 0.2) is 18.2 Å². The molecule has 2 aromatic rings. The molecule has 6 nitrogen and oxygen atoms in total. The number of nitrogens with zero attached hydrogens (tertiary/aromatic N) is 2. The molecule has 1 aliphatic rings. The first kappa shape index (κ1) is 17.7. The maximum absolute atomic E-state index is 12.3. The number of carbonyl (C=O) groups is 1. The first-order valence-corrected chi connectivity index (χ1v) is 10.2. The van der Waals surface area contributed by atoms with Gasteiger partial charge in [0.15, 0.2) is 9.84 Å². The van der Waals surface area contributed by atoms with Crippen LogP contribution in [0.3, 0.4) is 0 Å². The number of aryl methyl sites for hydroxylation is 1. The molecule has 1 amide bonds. The van der Waals surface area contributed by atoms with Crippen LogP contribution in [0.4, 0.5) is 5.82 Å². The highest BCUT2D eigenvalue weighted by Gasteiger charge is 2.33. The van der Waals surface area contributed by atoms with E-state index in [4.69, 9.17) is 0 Å². The van der Waals surface area contributed by atoms with E-state index in [1.807, 2.05) is 45.9 Å². The first-order chi connectivity index (χ1) is 11.7. The van der Waals surface area contributed by atoms with Crippen LogP contribution in [0, 0.1) is 19.8 Å². The molecule has 3 rings (SSSR count). The van der Waals surface area contributed by atoms with Crippen molar-refractivity contribution in [2.45, 2.75) is 45.6 Å². The fraction of sp³-hybridized carbons (Fsp3) is 0.444. The zero-order valence-corrected chi connectivity index (χ0v) is 15.8. The van der Waals surface area contributed by atoms with Crippen molar-refractivity contribution < 1.29 is 13.2 Å². The van der Waals surface area contributed by atoms with Gasteiger partial charge in [-0.2, -0.15) is 5.10 Å². The fourth-order valence-electron chi connectivity index (χ4n) is 3.06. The largest absolute Gasteiger partial charge is 0.310 e. The minimum atomic E-state index is -3.19. The first-order valence-electron chi connectivity index (χ1n) is 8.35. The molecule has 25 heavy (non-hydrogen) atoms. The van der Waals surface area contributed by atoms with E-state index < -0.39 is 9.84 Å². The molecule has 1 N–H and O–H groups in total. The summed E-state index contributed by atoms with van der Waals surface area (Å²) >= 11 is 0. The Labute approximate surface area is 148 Å². The number of aromatic nitrogens is 2. The molecule has 0 atom stereocenters. The van der Waals surface area contributed by atoms with Crippen molar-refractivity contribution >= 4 is 21.6 Å². The second-order valence-corrected chi connectivity index (χ2v) is 9.15. The van der Waals surface area contributed by atoms with Crippen LogP contribution < -0.4 is 5.32 Å². The van der Waals surface area contributed by atoms with Gasteiger partial charge < -0.3 is 5.32 Å². The van der Waals surface area contributed by atoms with Gasteiger partial charge in [0.1, 0.15) is 5.82 Å². The SMILES string of the molecule is Cc1cccc(-n2nc3c(c2NC(=O)CC(C)C)CS(=O)(=O)C3)c1C. The Kier molecular flexibility index (Phi) is 4.45. The van der Waals surface area contributed by atoms with Gasteiger partial charge in [-0.3, -0.25) is 4.79 Å². The minimum absolute atomic E-state index is 0.0761. The van der Waals surface area contributed by atoms with Crippen LogP contribution in [0.2, 0.25) is 0 Å². The van der Waals surface area contributed by atoms with Crippen molar-refractivity contribution in [1.82, 2.24) is 9.78 Å². The van der Waals surface area contributed by atoms with Crippen LogP contribution in [0.25, 0.3) is 5.69 Å². The van der Waals surface area contributed by atoms with Crippen LogP contribution in [0.1, 0.15) is 42.7 Å². The number of sulfone groups is 1.